The first-order valence-corrected chi connectivity index (χ1v) is 5.88. The predicted octanol–water partition coefficient (Wildman–Crippen LogP) is 1.65. The van der Waals surface area contributed by atoms with Gasteiger partial charge in [0.25, 0.3) is 0 Å². The normalized spacial score (nSPS) is 11.7. The van der Waals surface area contributed by atoms with Crippen molar-refractivity contribution in [2.24, 2.45) is 0 Å². The Morgan fingerprint density at radius 2 is 1.94 bits per heavy atom. The molecule has 0 aliphatic heterocycles. The standard InChI is InChI=1S/C12H15ClN2O3/c1-8(11(16)17)15-12(18)14-7-6-9-2-4-10(13)5-3-9/h2-5,8H,6-7H2,1H3,(H,16,17)(H2,14,15,18). The van der Waals surface area contributed by atoms with Gasteiger partial charge in [0.1, 0.15) is 6.04 Å². The molecule has 1 aromatic rings. The van der Waals surface area contributed by atoms with E-state index in [1.165, 1.54) is 6.92 Å². The van der Waals surface area contributed by atoms with E-state index < -0.39 is 18.0 Å². The van der Waals surface area contributed by atoms with Crippen molar-refractivity contribution in [1.82, 2.24) is 10.6 Å². The molecule has 98 valence electrons. The van der Waals surface area contributed by atoms with Crippen LogP contribution in [0.25, 0.3) is 0 Å². The van der Waals surface area contributed by atoms with Gasteiger partial charge in [-0.05, 0) is 31.0 Å². The van der Waals surface area contributed by atoms with Crippen LogP contribution in [0.3, 0.4) is 0 Å². The van der Waals surface area contributed by atoms with Crippen molar-refractivity contribution in [3.8, 4) is 0 Å². The Morgan fingerprint density at radius 3 is 2.50 bits per heavy atom. The molecule has 1 rings (SSSR count). The molecule has 3 N–H and O–H groups in total. The molecule has 0 aromatic heterocycles. The summed E-state index contributed by atoms with van der Waals surface area (Å²) in [4.78, 5) is 21.8. The van der Waals surface area contributed by atoms with Gasteiger partial charge in [-0.2, -0.15) is 0 Å². The summed E-state index contributed by atoms with van der Waals surface area (Å²) in [5, 5.41) is 14.2. The summed E-state index contributed by atoms with van der Waals surface area (Å²) < 4.78 is 0. The summed E-state index contributed by atoms with van der Waals surface area (Å²) in [5.41, 5.74) is 1.05. The summed E-state index contributed by atoms with van der Waals surface area (Å²) in [7, 11) is 0. The minimum atomic E-state index is -1.07. The lowest BCUT2D eigenvalue weighted by atomic mass is 10.1. The molecule has 0 bridgehead atoms. The van der Waals surface area contributed by atoms with Crippen molar-refractivity contribution < 1.29 is 14.7 Å². The van der Waals surface area contributed by atoms with Gasteiger partial charge < -0.3 is 15.7 Å². The zero-order valence-electron chi connectivity index (χ0n) is 9.94. The number of amides is 2. The average Bonchev–Trinajstić information content (AvgIpc) is 2.31. The number of rotatable bonds is 5. The van der Waals surface area contributed by atoms with Gasteiger partial charge in [-0.1, -0.05) is 23.7 Å². The SMILES string of the molecule is CC(NC(=O)NCCc1ccc(Cl)cc1)C(=O)O. The number of carbonyl (C=O) groups excluding carboxylic acids is 1. The number of hydrogen-bond donors (Lipinski definition) is 3. The average molecular weight is 271 g/mol. The molecule has 0 spiro atoms. The second-order valence-corrected chi connectivity index (χ2v) is 4.27. The van der Waals surface area contributed by atoms with E-state index in [2.05, 4.69) is 10.6 Å². The van der Waals surface area contributed by atoms with Gasteiger partial charge in [-0.15, -0.1) is 0 Å². The number of aliphatic carboxylic acids is 1. The summed E-state index contributed by atoms with van der Waals surface area (Å²) in [6, 6.07) is 5.93. The fourth-order valence-electron chi connectivity index (χ4n) is 1.28. The van der Waals surface area contributed by atoms with E-state index in [0.717, 1.165) is 5.56 Å². The van der Waals surface area contributed by atoms with Gasteiger partial charge in [0.05, 0.1) is 0 Å². The highest BCUT2D eigenvalue weighted by molar-refractivity contribution is 6.30. The van der Waals surface area contributed by atoms with E-state index in [9.17, 15) is 9.59 Å². The Hall–Kier alpha value is -1.75. The Balaban J connectivity index is 2.27. The van der Waals surface area contributed by atoms with Gasteiger partial charge in [-0.25, -0.2) is 4.79 Å². The highest BCUT2D eigenvalue weighted by atomic mass is 35.5. The maximum absolute atomic E-state index is 11.3. The highest BCUT2D eigenvalue weighted by Gasteiger charge is 2.12. The van der Waals surface area contributed by atoms with Gasteiger partial charge in [0, 0.05) is 11.6 Å². The zero-order chi connectivity index (χ0) is 13.5. The van der Waals surface area contributed by atoms with Crippen molar-refractivity contribution in [2.75, 3.05) is 6.54 Å². The molecule has 0 aliphatic rings. The van der Waals surface area contributed by atoms with Gasteiger partial charge in [0.15, 0.2) is 0 Å². The topological polar surface area (TPSA) is 78.4 Å². The molecular weight excluding hydrogens is 256 g/mol. The highest BCUT2D eigenvalue weighted by Crippen LogP contribution is 2.09. The fourth-order valence-corrected chi connectivity index (χ4v) is 1.41. The number of benzene rings is 1. The first kappa shape index (κ1) is 14.3. The number of carboxylic acids is 1. The van der Waals surface area contributed by atoms with Gasteiger partial charge in [0.2, 0.25) is 0 Å². The van der Waals surface area contributed by atoms with Crippen LogP contribution in [0.5, 0.6) is 0 Å². The molecule has 0 saturated heterocycles. The number of carboxylic acid groups (broad SMARTS) is 1. The molecule has 2 amide bonds. The van der Waals surface area contributed by atoms with Crippen LogP contribution >= 0.6 is 11.6 Å². The van der Waals surface area contributed by atoms with Crippen molar-refractivity contribution in [1.29, 1.82) is 0 Å². The molecule has 1 unspecified atom stereocenters. The quantitative estimate of drug-likeness (QED) is 0.761. The second kappa shape index (κ2) is 6.86. The molecule has 6 heteroatoms. The third-order valence-corrected chi connectivity index (χ3v) is 2.58. The van der Waals surface area contributed by atoms with E-state index in [1.54, 1.807) is 12.1 Å². The minimum absolute atomic E-state index is 0.430. The van der Waals surface area contributed by atoms with Crippen molar-refractivity contribution in [2.45, 2.75) is 19.4 Å². The van der Waals surface area contributed by atoms with E-state index in [4.69, 9.17) is 16.7 Å². The number of carbonyl (C=O) groups is 2. The molecule has 1 atom stereocenters. The summed E-state index contributed by atoms with van der Waals surface area (Å²) in [6.45, 7) is 1.83. The van der Waals surface area contributed by atoms with E-state index in [0.29, 0.717) is 18.0 Å². The lowest BCUT2D eigenvalue weighted by Crippen LogP contribution is -2.44. The molecular formula is C12H15ClN2O3. The van der Waals surface area contributed by atoms with Crippen molar-refractivity contribution >= 4 is 23.6 Å². The van der Waals surface area contributed by atoms with Crippen LogP contribution < -0.4 is 10.6 Å². The maximum atomic E-state index is 11.3. The number of nitrogens with one attached hydrogen (secondary N) is 2. The third-order valence-electron chi connectivity index (χ3n) is 2.33. The molecule has 0 fully saturated rings. The Morgan fingerprint density at radius 1 is 1.33 bits per heavy atom. The van der Waals surface area contributed by atoms with Crippen LogP contribution in [0.1, 0.15) is 12.5 Å². The van der Waals surface area contributed by atoms with Crippen LogP contribution in [-0.2, 0) is 11.2 Å². The number of halogens is 1. The molecule has 0 aliphatic carbocycles. The summed E-state index contributed by atoms with van der Waals surface area (Å²) in [6.07, 6.45) is 0.659. The molecule has 5 nitrogen and oxygen atoms in total. The largest absolute Gasteiger partial charge is 0.480 e. The fraction of sp³-hybridized carbons (Fsp3) is 0.333. The summed E-state index contributed by atoms with van der Waals surface area (Å²) in [5.74, 6) is -1.07. The summed E-state index contributed by atoms with van der Waals surface area (Å²) >= 11 is 5.75. The van der Waals surface area contributed by atoms with Crippen LogP contribution in [0, 0.1) is 0 Å². The molecule has 0 saturated carbocycles. The minimum Gasteiger partial charge on any atom is -0.480 e. The van der Waals surface area contributed by atoms with E-state index >= 15 is 0 Å². The third kappa shape index (κ3) is 5.05. The second-order valence-electron chi connectivity index (χ2n) is 3.84. The maximum Gasteiger partial charge on any atom is 0.325 e. The number of hydrogen-bond acceptors (Lipinski definition) is 2. The van der Waals surface area contributed by atoms with Crippen molar-refractivity contribution in [3.63, 3.8) is 0 Å². The first-order chi connectivity index (χ1) is 8.49. The molecule has 0 heterocycles. The Kier molecular flexibility index (Phi) is 5.45. The van der Waals surface area contributed by atoms with Crippen molar-refractivity contribution in [3.05, 3.63) is 34.9 Å². The lowest BCUT2D eigenvalue weighted by molar-refractivity contribution is -0.138. The van der Waals surface area contributed by atoms with Gasteiger partial charge >= 0.3 is 12.0 Å². The van der Waals surface area contributed by atoms with Crippen LogP contribution in [-0.4, -0.2) is 29.7 Å². The Labute approximate surface area is 110 Å². The van der Waals surface area contributed by atoms with Crippen LogP contribution in [0.4, 0.5) is 4.79 Å². The number of urea groups is 1. The smallest absolute Gasteiger partial charge is 0.325 e. The van der Waals surface area contributed by atoms with Crippen LogP contribution in [0.2, 0.25) is 5.02 Å². The van der Waals surface area contributed by atoms with E-state index in [-0.39, 0.29) is 0 Å². The molecule has 18 heavy (non-hydrogen) atoms. The zero-order valence-corrected chi connectivity index (χ0v) is 10.7. The molecule has 1 aromatic carbocycles. The first-order valence-electron chi connectivity index (χ1n) is 5.50. The van der Waals surface area contributed by atoms with Gasteiger partial charge in [-0.3, -0.25) is 4.79 Å². The van der Waals surface area contributed by atoms with Crippen LogP contribution in [0.15, 0.2) is 24.3 Å². The Bertz CT molecular complexity index is 420. The van der Waals surface area contributed by atoms with E-state index in [1.807, 2.05) is 12.1 Å². The lowest BCUT2D eigenvalue weighted by Gasteiger charge is -2.10. The predicted molar refractivity (Wildman–Crippen MR) is 68.8 cm³/mol. The molecule has 0 radical (unpaired) electrons. The monoisotopic (exact) mass is 270 g/mol.